The van der Waals surface area contributed by atoms with E-state index in [2.05, 4.69) is 10.6 Å². The maximum absolute atomic E-state index is 13.4. The van der Waals surface area contributed by atoms with E-state index in [0.29, 0.717) is 16.9 Å². The van der Waals surface area contributed by atoms with E-state index >= 15 is 0 Å². The molecule has 2 aromatic rings. The number of anilines is 2. The fraction of sp³-hybridized carbons (Fsp3) is 0.0714. The third kappa shape index (κ3) is 3.48. The SMILES string of the molecule is Cc1cc(NC(=S)Nc2ccccc2F)ccc1F. The molecule has 0 radical (unpaired) electrons. The number of hydrogen-bond acceptors (Lipinski definition) is 1. The highest BCUT2D eigenvalue weighted by atomic mass is 32.1. The summed E-state index contributed by atoms with van der Waals surface area (Å²) in [7, 11) is 0. The molecule has 2 N–H and O–H groups in total. The Balaban J connectivity index is 2.05. The monoisotopic (exact) mass is 278 g/mol. The van der Waals surface area contributed by atoms with Crippen molar-refractivity contribution in [2.75, 3.05) is 10.6 Å². The van der Waals surface area contributed by atoms with E-state index < -0.39 is 0 Å². The summed E-state index contributed by atoms with van der Waals surface area (Å²) in [6, 6.07) is 10.8. The van der Waals surface area contributed by atoms with Crippen LogP contribution in [0.15, 0.2) is 42.5 Å². The molecule has 0 bridgehead atoms. The van der Waals surface area contributed by atoms with Crippen LogP contribution in [0.5, 0.6) is 0 Å². The van der Waals surface area contributed by atoms with Crippen LogP contribution in [0.2, 0.25) is 0 Å². The van der Waals surface area contributed by atoms with Crippen LogP contribution >= 0.6 is 12.2 Å². The maximum Gasteiger partial charge on any atom is 0.175 e. The molecular formula is C14H12F2N2S. The maximum atomic E-state index is 13.4. The van der Waals surface area contributed by atoms with Crippen molar-refractivity contribution in [2.24, 2.45) is 0 Å². The van der Waals surface area contributed by atoms with Crippen molar-refractivity contribution in [3.05, 3.63) is 59.7 Å². The van der Waals surface area contributed by atoms with Crippen LogP contribution in [0, 0.1) is 18.6 Å². The van der Waals surface area contributed by atoms with Gasteiger partial charge in [-0.3, -0.25) is 0 Å². The lowest BCUT2D eigenvalue weighted by atomic mass is 10.2. The molecule has 0 fully saturated rings. The molecule has 0 aliphatic carbocycles. The first-order valence-corrected chi connectivity index (χ1v) is 6.06. The van der Waals surface area contributed by atoms with Crippen LogP contribution in [-0.2, 0) is 0 Å². The van der Waals surface area contributed by atoms with E-state index in [1.165, 1.54) is 12.1 Å². The van der Waals surface area contributed by atoms with Crippen LogP contribution < -0.4 is 10.6 Å². The van der Waals surface area contributed by atoms with Crippen molar-refractivity contribution < 1.29 is 8.78 Å². The second kappa shape index (κ2) is 5.75. The summed E-state index contributed by atoms with van der Waals surface area (Å²) in [6.07, 6.45) is 0. The Hall–Kier alpha value is -2.01. The smallest absolute Gasteiger partial charge is 0.175 e. The van der Waals surface area contributed by atoms with E-state index in [0.717, 1.165) is 0 Å². The Bertz CT molecular complexity index is 614. The summed E-state index contributed by atoms with van der Waals surface area (Å²) in [5.41, 5.74) is 1.45. The fourth-order valence-electron chi connectivity index (χ4n) is 1.57. The Morgan fingerprint density at radius 1 is 1.00 bits per heavy atom. The molecular weight excluding hydrogens is 266 g/mol. The van der Waals surface area contributed by atoms with Crippen LogP contribution in [-0.4, -0.2) is 5.11 Å². The van der Waals surface area contributed by atoms with Gasteiger partial charge in [0.25, 0.3) is 0 Å². The fourth-order valence-corrected chi connectivity index (χ4v) is 1.80. The zero-order valence-corrected chi connectivity index (χ0v) is 11.0. The lowest BCUT2D eigenvalue weighted by Crippen LogP contribution is -2.19. The van der Waals surface area contributed by atoms with Crippen molar-refractivity contribution >= 4 is 28.7 Å². The highest BCUT2D eigenvalue weighted by Gasteiger charge is 2.04. The van der Waals surface area contributed by atoms with Gasteiger partial charge in [-0.1, -0.05) is 12.1 Å². The molecule has 0 spiro atoms. The van der Waals surface area contributed by atoms with Crippen molar-refractivity contribution in [1.82, 2.24) is 0 Å². The Kier molecular flexibility index (Phi) is 4.06. The largest absolute Gasteiger partial charge is 0.332 e. The van der Waals surface area contributed by atoms with Crippen molar-refractivity contribution in [3.8, 4) is 0 Å². The van der Waals surface area contributed by atoms with Gasteiger partial charge in [-0.25, -0.2) is 8.78 Å². The second-order valence-electron chi connectivity index (χ2n) is 4.02. The average Bonchev–Trinajstić information content (AvgIpc) is 2.37. The first kappa shape index (κ1) is 13.4. The van der Waals surface area contributed by atoms with E-state index in [-0.39, 0.29) is 16.7 Å². The number of thiocarbonyl (C=S) groups is 1. The molecule has 19 heavy (non-hydrogen) atoms. The number of aryl methyl sites for hydroxylation is 1. The first-order valence-electron chi connectivity index (χ1n) is 5.65. The second-order valence-corrected chi connectivity index (χ2v) is 4.43. The molecule has 0 saturated carbocycles. The summed E-state index contributed by atoms with van der Waals surface area (Å²) in [5.74, 6) is -0.666. The molecule has 0 unspecified atom stereocenters. The standard InChI is InChI=1S/C14H12F2N2S/c1-9-8-10(6-7-11(9)15)17-14(19)18-13-5-3-2-4-12(13)16/h2-8H,1H3,(H2,17,18,19). The summed E-state index contributed by atoms with van der Waals surface area (Å²) >= 11 is 5.07. The molecule has 0 aromatic heterocycles. The topological polar surface area (TPSA) is 24.1 Å². The molecule has 0 heterocycles. The molecule has 2 nitrogen and oxygen atoms in total. The third-order valence-corrected chi connectivity index (χ3v) is 2.74. The molecule has 2 rings (SSSR count). The van der Waals surface area contributed by atoms with Gasteiger partial charge in [0.15, 0.2) is 5.11 Å². The molecule has 0 saturated heterocycles. The highest BCUT2D eigenvalue weighted by Crippen LogP contribution is 2.16. The van der Waals surface area contributed by atoms with Gasteiger partial charge < -0.3 is 10.6 Å². The van der Waals surface area contributed by atoms with Gasteiger partial charge in [0.05, 0.1) is 5.69 Å². The minimum absolute atomic E-state index is 0.246. The number of hydrogen-bond donors (Lipinski definition) is 2. The van der Waals surface area contributed by atoms with E-state index in [4.69, 9.17) is 12.2 Å². The van der Waals surface area contributed by atoms with E-state index in [1.807, 2.05) is 0 Å². The van der Waals surface area contributed by atoms with Gasteiger partial charge in [-0.05, 0) is 55.0 Å². The predicted octanol–water partition coefficient (Wildman–Crippen LogP) is 4.08. The van der Waals surface area contributed by atoms with Gasteiger partial charge in [-0.15, -0.1) is 0 Å². The van der Waals surface area contributed by atoms with Crippen molar-refractivity contribution in [1.29, 1.82) is 0 Å². The van der Waals surface area contributed by atoms with Gasteiger partial charge in [-0.2, -0.15) is 0 Å². The summed E-state index contributed by atoms with van der Waals surface area (Å²) in [6.45, 7) is 1.66. The Labute approximate surface area is 115 Å². The van der Waals surface area contributed by atoms with Crippen LogP contribution in [0.3, 0.4) is 0 Å². The van der Waals surface area contributed by atoms with Crippen LogP contribution in [0.4, 0.5) is 20.2 Å². The molecule has 2 aromatic carbocycles. The van der Waals surface area contributed by atoms with Gasteiger partial charge in [0.1, 0.15) is 11.6 Å². The lowest BCUT2D eigenvalue weighted by molar-refractivity contribution is 0.619. The summed E-state index contributed by atoms with van der Waals surface area (Å²) in [5, 5.41) is 5.86. The average molecular weight is 278 g/mol. The minimum Gasteiger partial charge on any atom is -0.332 e. The number of nitrogens with one attached hydrogen (secondary N) is 2. The predicted molar refractivity (Wildman–Crippen MR) is 77.4 cm³/mol. The molecule has 0 amide bonds. The lowest BCUT2D eigenvalue weighted by Gasteiger charge is -2.11. The zero-order chi connectivity index (χ0) is 13.8. The zero-order valence-electron chi connectivity index (χ0n) is 10.2. The van der Waals surface area contributed by atoms with Crippen molar-refractivity contribution in [2.45, 2.75) is 6.92 Å². The quantitative estimate of drug-likeness (QED) is 0.809. The molecule has 0 aliphatic rings. The minimum atomic E-state index is -0.387. The van der Waals surface area contributed by atoms with E-state index in [1.54, 1.807) is 37.3 Å². The van der Waals surface area contributed by atoms with Crippen LogP contribution in [0.25, 0.3) is 0 Å². The Morgan fingerprint density at radius 2 is 1.74 bits per heavy atom. The van der Waals surface area contributed by atoms with Crippen molar-refractivity contribution in [3.63, 3.8) is 0 Å². The molecule has 0 atom stereocenters. The van der Waals surface area contributed by atoms with Gasteiger partial charge in [0.2, 0.25) is 0 Å². The molecule has 5 heteroatoms. The summed E-state index contributed by atoms with van der Waals surface area (Å²) in [4.78, 5) is 0. The number of halogens is 2. The molecule has 0 aliphatic heterocycles. The van der Waals surface area contributed by atoms with Gasteiger partial charge >= 0.3 is 0 Å². The van der Waals surface area contributed by atoms with Gasteiger partial charge in [0, 0.05) is 5.69 Å². The first-order chi connectivity index (χ1) is 9.06. The van der Waals surface area contributed by atoms with Crippen LogP contribution in [0.1, 0.15) is 5.56 Å². The number of para-hydroxylation sites is 1. The normalized spacial score (nSPS) is 10.1. The van der Waals surface area contributed by atoms with E-state index in [9.17, 15) is 8.78 Å². The highest BCUT2D eigenvalue weighted by molar-refractivity contribution is 7.80. The molecule has 98 valence electrons. The summed E-state index contributed by atoms with van der Waals surface area (Å²) < 4.78 is 26.5. The third-order valence-electron chi connectivity index (χ3n) is 2.54. The Morgan fingerprint density at radius 3 is 2.42 bits per heavy atom. The number of benzene rings is 2. The number of rotatable bonds is 2.